The standard InChI is InChI=1S/C21H27N3/c1-23-19(16-10-5-3-6-11-16)20(17-12-7-4-8-13-17)24(2)21(23)18-14-9-15-22-18/h3-8,10-13,18-22H,9,14-15H2,1-2H3/t18?,19-,20-/m0/s1. The Hall–Kier alpha value is -1.68. The number of hydrogen-bond donors (Lipinski definition) is 1. The molecular weight excluding hydrogens is 294 g/mol. The third-order valence-corrected chi connectivity index (χ3v) is 5.75. The zero-order valence-electron chi connectivity index (χ0n) is 14.6. The van der Waals surface area contributed by atoms with E-state index in [9.17, 15) is 0 Å². The molecule has 0 aromatic heterocycles. The predicted octanol–water partition coefficient (Wildman–Crippen LogP) is 3.42. The van der Waals surface area contributed by atoms with Gasteiger partial charge in [0, 0.05) is 6.04 Å². The van der Waals surface area contributed by atoms with Crippen molar-refractivity contribution in [2.45, 2.75) is 37.1 Å². The third-order valence-electron chi connectivity index (χ3n) is 5.75. The Morgan fingerprint density at radius 3 is 1.71 bits per heavy atom. The maximum atomic E-state index is 3.72. The van der Waals surface area contributed by atoms with Crippen LogP contribution in [0.1, 0.15) is 36.1 Å². The van der Waals surface area contributed by atoms with Crippen LogP contribution in [-0.4, -0.2) is 42.6 Å². The number of likely N-dealkylation sites (N-methyl/N-ethyl adjacent to an activating group) is 2. The number of hydrogen-bond acceptors (Lipinski definition) is 3. The fraction of sp³-hybridized carbons (Fsp3) is 0.429. The van der Waals surface area contributed by atoms with Crippen molar-refractivity contribution < 1.29 is 0 Å². The van der Waals surface area contributed by atoms with Crippen molar-refractivity contribution in [3.63, 3.8) is 0 Å². The molecule has 2 aromatic rings. The lowest BCUT2D eigenvalue weighted by atomic mass is 9.93. The Morgan fingerprint density at radius 2 is 1.29 bits per heavy atom. The minimum absolute atomic E-state index is 0.381. The summed E-state index contributed by atoms with van der Waals surface area (Å²) in [5.41, 5.74) is 2.81. The zero-order valence-corrected chi connectivity index (χ0v) is 14.6. The topological polar surface area (TPSA) is 18.5 Å². The van der Waals surface area contributed by atoms with Crippen LogP contribution in [0.3, 0.4) is 0 Å². The van der Waals surface area contributed by atoms with Crippen LogP contribution in [0.5, 0.6) is 0 Å². The van der Waals surface area contributed by atoms with Crippen molar-refractivity contribution in [3.8, 4) is 0 Å². The van der Waals surface area contributed by atoms with Gasteiger partial charge in [0.25, 0.3) is 0 Å². The van der Waals surface area contributed by atoms with Crippen molar-refractivity contribution in [1.29, 1.82) is 0 Å². The summed E-state index contributed by atoms with van der Waals surface area (Å²) in [6.07, 6.45) is 2.99. The van der Waals surface area contributed by atoms with E-state index in [4.69, 9.17) is 0 Å². The Morgan fingerprint density at radius 1 is 0.792 bits per heavy atom. The number of nitrogens with zero attached hydrogens (tertiary/aromatic N) is 2. The molecule has 0 spiro atoms. The highest BCUT2D eigenvalue weighted by Crippen LogP contribution is 2.46. The average molecular weight is 321 g/mol. The molecule has 0 bridgehead atoms. The number of nitrogens with one attached hydrogen (secondary N) is 1. The lowest BCUT2D eigenvalue weighted by Gasteiger charge is -2.32. The van der Waals surface area contributed by atoms with Gasteiger partial charge in [-0.3, -0.25) is 9.80 Å². The van der Waals surface area contributed by atoms with Crippen LogP contribution in [0, 0.1) is 0 Å². The first-order chi connectivity index (χ1) is 11.8. The molecule has 2 aliphatic heterocycles. The molecule has 4 rings (SSSR count). The molecule has 0 amide bonds. The molecule has 2 heterocycles. The molecule has 1 unspecified atom stereocenters. The van der Waals surface area contributed by atoms with Crippen LogP contribution in [-0.2, 0) is 0 Å². The van der Waals surface area contributed by atoms with Crippen LogP contribution in [0.15, 0.2) is 60.7 Å². The monoisotopic (exact) mass is 321 g/mol. The molecule has 2 saturated heterocycles. The van der Waals surface area contributed by atoms with Gasteiger partial charge in [-0.15, -0.1) is 0 Å². The fourth-order valence-corrected chi connectivity index (χ4v) is 4.73. The first-order valence-corrected chi connectivity index (χ1v) is 9.04. The number of rotatable bonds is 3. The van der Waals surface area contributed by atoms with Crippen LogP contribution < -0.4 is 5.32 Å². The largest absolute Gasteiger partial charge is 0.311 e. The van der Waals surface area contributed by atoms with Crippen molar-refractivity contribution in [3.05, 3.63) is 71.8 Å². The maximum Gasteiger partial charge on any atom is 0.0787 e. The molecule has 0 radical (unpaired) electrons. The summed E-state index contributed by atoms with van der Waals surface area (Å²) >= 11 is 0. The number of benzene rings is 2. The smallest absolute Gasteiger partial charge is 0.0787 e. The molecule has 3 atom stereocenters. The van der Waals surface area contributed by atoms with E-state index in [0.29, 0.717) is 24.3 Å². The van der Waals surface area contributed by atoms with Crippen molar-refractivity contribution in [2.24, 2.45) is 0 Å². The van der Waals surface area contributed by atoms with E-state index in [-0.39, 0.29) is 0 Å². The van der Waals surface area contributed by atoms with E-state index in [1.165, 1.54) is 24.0 Å². The minimum Gasteiger partial charge on any atom is -0.311 e. The minimum atomic E-state index is 0.381. The van der Waals surface area contributed by atoms with E-state index >= 15 is 0 Å². The Balaban J connectivity index is 1.75. The lowest BCUT2D eigenvalue weighted by Crippen LogP contribution is -2.49. The summed E-state index contributed by atoms with van der Waals surface area (Å²) in [7, 11) is 4.59. The second-order valence-electron chi connectivity index (χ2n) is 7.16. The van der Waals surface area contributed by atoms with Gasteiger partial charge >= 0.3 is 0 Å². The summed E-state index contributed by atoms with van der Waals surface area (Å²) in [6.45, 7) is 1.15. The summed E-state index contributed by atoms with van der Waals surface area (Å²) in [6, 6.07) is 23.3. The highest BCUT2D eigenvalue weighted by Gasteiger charge is 2.47. The van der Waals surface area contributed by atoms with E-state index in [0.717, 1.165) is 6.54 Å². The molecule has 24 heavy (non-hydrogen) atoms. The lowest BCUT2D eigenvalue weighted by molar-refractivity contribution is 0.124. The Bertz CT molecular complexity index is 600. The van der Waals surface area contributed by atoms with Crippen molar-refractivity contribution in [1.82, 2.24) is 15.1 Å². The summed E-state index contributed by atoms with van der Waals surface area (Å²) < 4.78 is 0. The van der Waals surface area contributed by atoms with Gasteiger partial charge < -0.3 is 5.32 Å². The molecule has 2 fully saturated rings. The van der Waals surface area contributed by atoms with Gasteiger partial charge in [-0.25, -0.2) is 0 Å². The van der Waals surface area contributed by atoms with Gasteiger partial charge in [-0.1, -0.05) is 60.7 Å². The SMILES string of the molecule is CN1C(C2CCCN2)N(C)[C@@H](c2ccccc2)[C@@H]1c1ccccc1. The molecular formula is C21H27N3. The quantitative estimate of drug-likeness (QED) is 0.934. The molecule has 126 valence electrons. The van der Waals surface area contributed by atoms with Crippen LogP contribution >= 0.6 is 0 Å². The van der Waals surface area contributed by atoms with Gasteiger partial charge in [-0.05, 0) is 44.6 Å². The van der Waals surface area contributed by atoms with Crippen molar-refractivity contribution in [2.75, 3.05) is 20.6 Å². The highest BCUT2D eigenvalue weighted by molar-refractivity contribution is 5.30. The van der Waals surface area contributed by atoms with Gasteiger partial charge in [-0.2, -0.15) is 0 Å². The molecule has 3 heteroatoms. The first-order valence-electron chi connectivity index (χ1n) is 9.04. The predicted molar refractivity (Wildman–Crippen MR) is 98.7 cm³/mol. The highest BCUT2D eigenvalue weighted by atomic mass is 15.5. The van der Waals surface area contributed by atoms with Gasteiger partial charge in [0.1, 0.15) is 0 Å². The van der Waals surface area contributed by atoms with Crippen LogP contribution in [0.25, 0.3) is 0 Å². The Kier molecular flexibility index (Phi) is 4.40. The molecule has 1 N–H and O–H groups in total. The van der Waals surface area contributed by atoms with Gasteiger partial charge in [0.15, 0.2) is 0 Å². The van der Waals surface area contributed by atoms with Crippen LogP contribution in [0.2, 0.25) is 0 Å². The first kappa shape index (κ1) is 15.8. The van der Waals surface area contributed by atoms with Crippen LogP contribution in [0.4, 0.5) is 0 Å². The molecule has 0 aliphatic carbocycles. The average Bonchev–Trinajstić information content (AvgIpc) is 3.22. The third kappa shape index (κ3) is 2.67. The summed E-state index contributed by atoms with van der Waals surface area (Å²) in [5, 5.41) is 3.72. The normalized spacial score (nSPS) is 29.3. The Labute approximate surface area is 145 Å². The summed E-state index contributed by atoms with van der Waals surface area (Å²) in [5.74, 6) is 0. The fourth-order valence-electron chi connectivity index (χ4n) is 4.73. The van der Waals surface area contributed by atoms with E-state index in [1.807, 2.05) is 0 Å². The molecule has 0 saturated carbocycles. The maximum absolute atomic E-state index is 3.72. The molecule has 3 nitrogen and oxygen atoms in total. The van der Waals surface area contributed by atoms with Crippen molar-refractivity contribution >= 4 is 0 Å². The van der Waals surface area contributed by atoms with Gasteiger partial charge in [0.05, 0.1) is 18.2 Å². The summed E-state index contributed by atoms with van der Waals surface area (Å²) in [4.78, 5) is 5.16. The van der Waals surface area contributed by atoms with E-state index in [1.54, 1.807) is 0 Å². The second kappa shape index (κ2) is 6.67. The molecule has 2 aliphatic rings. The van der Waals surface area contributed by atoms with Gasteiger partial charge in [0.2, 0.25) is 0 Å². The van der Waals surface area contributed by atoms with E-state index in [2.05, 4.69) is 89.9 Å². The molecule has 2 aromatic carbocycles. The zero-order chi connectivity index (χ0) is 16.5. The van der Waals surface area contributed by atoms with E-state index < -0.39 is 0 Å². The second-order valence-corrected chi connectivity index (χ2v) is 7.16.